The Morgan fingerprint density at radius 1 is 0.806 bits per heavy atom. The summed E-state index contributed by atoms with van der Waals surface area (Å²) in [6.45, 7) is 9.48. The van der Waals surface area contributed by atoms with Gasteiger partial charge in [-0.05, 0) is 104 Å². The first-order valence-electron chi connectivity index (χ1n) is 13.2. The molecule has 2 unspecified atom stereocenters. The highest BCUT2D eigenvalue weighted by Crippen LogP contribution is 2.68. The van der Waals surface area contributed by atoms with Crippen LogP contribution in [0.1, 0.15) is 111 Å². The molecule has 4 heteroatoms. The molecule has 4 fully saturated rings. The van der Waals surface area contributed by atoms with Crippen LogP contribution >= 0.6 is 0 Å². The van der Waals surface area contributed by atoms with Crippen LogP contribution in [0, 0.1) is 52.3 Å². The lowest BCUT2D eigenvalue weighted by molar-refractivity contribution is -0.340. The third-order valence-corrected chi connectivity index (χ3v) is 11.3. The second-order valence-electron chi connectivity index (χ2n) is 12.6. The van der Waals surface area contributed by atoms with Crippen molar-refractivity contribution in [3.05, 3.63) is 0 Å². The summed E-state index contributed by atoms with van der Waals surface area (Å²) in [5.41, 5.74) is 1.15. The zero-order valence-corrected chi connectivity index (χ0v) is 20.6. The Kier molecular flexibility index (Phi) is 7.59. The van der Waals surface area contributed by atoms with Crippen LogP contribution < -0.4 is 0 Å². The average Bonchev–Trinajstić information content (AvgIpc) is 3.04. The van der Waals surface area contributed by atoms with E-state index in [0.717, 1.165) is 42.4 Å². The van der Waals surface area contributed by atoms with E-state index in [1.54, 1.807) is 6.92 Å². The van der Waals surface area contributed by atoms with Crippen LogP contribution in [0.3, 0.4) is 0 Å². The third-order valence-electron chi connectivity index (χ3n) is 11.3. The number of fused-ring (bicyclic) bond motifs is 5. The van der Waals surface area contributed by atoms with Crippen LogP contribution in [0.5, 0.6) is 0 Å². The molecule has 4 aliphatic rings. The fourth-order valence-corrected chi connectivity index (χ4v) is 9.41. The molecule has 0 aromatic heterocycles. The fraction of sp³-hybridized carbons (Fsp3) is 1.00. The van der Waals surface area contributed by atoms with Gasteiger partial charge in [-0.15, -0.1) is 0 Å². The molecule has 4 nitrogen and oxygen atoms in total. The predicted molar refractivity (Wildman–Crippen MR) is 125 cm³/mol. The Bertz CT molecular complexity index is 601. The standard InChI is InChI=1S/C27H48O3.H2O/c1-18(8-7-9-19(2)27(28,29)30)22-13-14-23-21-12-11-20-10-5-6-16-25(20,3)24(21)15-17-26(22,23)4;/h18-24,28-30H,5-17H2,1-4H3;1H2/t18-,19?,20?,21+,22-,23+,24+,25+,26-;/m1./s1. The third kappa shape index (κ3) is 4.48. The Morgan fingerprint density at radius 3 is 2.23 bits per heavy atom. The molecule has 4 saturated carbocycles. The first-order chi connectivity index (χ1) is 14.1. The topological polar surface area (TPSA) is 92.2 Å². The number of hydrogen-bond donors (Lipinski definition) is 3. The summed E-state index contributed by atoms with van der Waals surface area (Å²) in [6, 6.07) is 0. The van der Waals surface area contributed by atoms with Crippen molar-refractivity contribution in [1.29, 1.82) is 0 Å². The number of aliphatic hydroxyl groups is 3. The van der Waals surface area contributed by atoms with Crippen molar-refractivity contribution in [3.8, 4) is 0 Å². The highest BCUT2D eigenvalue weighted by molar-refractivity contribution is 5.09. The van der Waals surface area contributed by atoms with Gasteiger partial charge in [0.2, 0.25) is 0 Å². The molecule has 4 aliphatic carbocycles. The molecular weight excluding hydrogens is 388 g/mol. The summed E-state index contributed by atoms with van der Waals surface area (Å²) in [7, 11) is 0. The molecule has 0 bridgehead atoms. The lowest BCUT2D eigenvalue weighted by Gasteiger charge is -2.61. The molecule has 0 heterocycles. The van der Waals surface area contributed by atoms with Gasteiger partial charge in [-0.25, -0.2) is 0 Å². The van der Waals surface area contributed by atoms with Gasteiger partial charge < -0.3 is 20.8 Å². The largest absolute Gasteiger partial charge is 0.412 e. The first-order valence-corrected chi connectivity index (χ1v) is 13.2. The first kappa shape index (κ1) is 25.5. The summed E-state index contributed by atoms with van der Waals surface area (Å²) in [6.07, 6.45) is 17.4. The van der Waals surface area contributed by atoms with E-state index >= 15 is 0 Å². The summed E-state index contributed by atoms with van der Waals surface area (Å²) in [4.78, 5) is 0. The Balaban J connectivity index is 0.00000272. The molecule has 0 saturated heterocycles. The van der Waals surface area contributed by atoms with Crippen LogP contribution in [-0.4, -0.2) is 26.8 Å². The van der Waals surface area contributed by atoms with E-state index in [0.29, 0.717) is 23.2 Å². The Morgan fingerprint density at radius 2 is 1.52 bits per heavy atom. The lowest BCUT2D eigenvalue weighted by Crippen LogP contribution is -2.53. The van der Waals surface area contributed by atoms with Crippen molar-refractivity contribution in [2.24, 2.45) is 52.3 Å². The van der Waals surface area contributed by atoms with Crippen LogP contribution in [0.4, 0.5) is 0 Å². The van der Waals surface area contributed by atoms with Crippen molar-refractivity contribution >= 4 is 0 Å². The molecule has 0 aromatic rings. The quantitative estimate of drug-likeness (QED) is 0.492. The van der Waals surface area contributed by atoms with E-state index in [1.807, 2.05) is 0 Å². The summed E-state index contributed by atoms with van der Waals surface area (Å²) in [5, 5.41) is 28.1. The summed E-state index contributed by atoms with van der Waals surface area (Å²) >= 11 is 0. The second-order valence-corrected chi connectivity index (χ2v) is 12.6. The second kappa shape index (κ2) is 9.24. The maximum atomic E-state index is 9.38. The maximum absolute atomic E-state index is 9.38. The predicted octanol–water partition coefficient (Wildman–Crippen LogP) is 5.28. The van der Waals surface area contributed by atoms with Gasteiger partial charge in [0.25, 0.3) is 5.97 Å². The van der Waals surface area contributed by atoms with Gasteiger partial charge in [0, 0.05) is 5.92 Å². The molecular formula is C27H50O4. The van der Waals surface area contributed by atoms with Crippen molar-refractivity contribution < 1.29 is 20.8 Å². The molecule has 0 radical (unpaired) electrons. The Hall–Kier alpha value is -0.160. The zero-order valence-electron chi connectivity index (χ0n) is 20.6. The molecule has 31 heavy (non-hydrogen) atoms. The summed E-state index contributed by atoms with van der Waals surface area (Å²) in [5.74, 6) is 2.39. The molecule has 182 valence electrons. The van der Waals surface area contributed by atoms with E-state index in [4.69, 9.17) is 0 Å². The average molecular weight is 439 g/mol. The van der Waals surface area contributed by atoms with Crippen molar-refractivity contribution in [3.63, 3.8) is 0 Å². The molecule has 0 aliphatic heterocycles. The van der Waals surface area contributed by atoms with Gasteiger partial charge in [-0.3, -0.25) is 0 Å². The molecule has 0 spiro atoms. The van der Waals surface area contributed by atoms with Crippen LogP contribution in [0.2, 0.25) is 0 Å². The molecule has 9 atom stereocenters. The van der Waals surface area contributed by atoms with Crippen molar-refractivity contribution in [2.45, 2.75) is 117 Å². The highest BCUT2D eigenvalue weighted by Gasteiger charge is 2.60. The van der Waals surface area contributed by atoms with Crippen molar-refractivity contribution in [2.75, 3.05) is 0 Å². The minimum absolute atomic E-state index is 0. The fourth-order valence-electron chi connectivity index (χ4n) is 9.41. The van der Waals surface area contributed by atoms with E-state index in [1.165, 1.54) is 64.2 Å². The monoisotopic (exact) mass is 438 g/mol. The van der Waals surface area contributed by atoms with E-state index in [9.17, 15) is 15.3 Å². The molecule has 0 aromatic carbocycles. The van der Waals surface area contributed by atoms with Crippen molar-refractivity contribution in [1.82, 2.24) is 0 Å². The maximum Gasteiger partial charge on any atom is 0.277 e. The molecule has 0 amide bonds. The van der Waals surface area contributed by atoms with Gasteiger partial charge in [0.05, 0.1) is 0 Å². The van der Waals surface area contributed by atoms with Gasteiger partial charge in [-0.2, -0.15) is 0 Å². The van der Waals surface area contributed by atoms with E-state index < -0.39 is 11.9 Å². The molecule has 4 rings (SSSR count). The number of hydrogen-bond acceptors (Lipinski definition) is 3. The lowest BCUT2D eigenvalue weighted by atomic mass is 9.44. The van der Waals surface area contributed by atoms with Crippen LogP contribution in [-0.2, 0) is 0 Å². The number of rotatable bonds is 6. The molecule has 5 N–H and O–H groups in total. The Labute approximate surface area is 190 Å². The van der Waals surface area contributed by atoms with Crippen LogP contribution in [0.25, 0.3) is 0 Å². The smallest absolute Gasteiger partial charge is 0.277 e. The van der Waals surface area contributed by atoms with E-state index in [2.05, 4.69) is 20.8 Å². The van der Waals surface area contributed by atoms with E-state index in [-0.39, 0.29) is 5.48 Å². The minimum atomic E-state index is -2.53. The van der Waals surface area contributed by atoms with Gasteiger partial charge in [0.1, 0.15) is 0 Å². The highest BCUT2D eigenvalue weighted by atomic mass is 16.7. The minimum Gasteiger partial charge on any atom is -0.412 e. The summed E-state index contributed by atoms with van der Waals surface area (Å²) < 4.78 is 0. The van der Waals surface area contributed by atoms with Gasteiger partial charge in [0.15, 0.2) is 0 Å². The van der Waals surface area contributed by atoms with Gasteiger partial charge >= 0.3 is 0 Å². The normalized spacial score (nSPS) is 44.4. The zero-order chi connectivity index (χ0) is 21.7. The van der Waals surface area contributed by atoms with Crippen LogP contribution in [0.15, 0.2) is 0 Å². The van der Waals surface area contributed by atoms with Gasteiger partial charge in [-0.1, -0.05) is 53.4 Å². The SMILES string of the molecule is CC(CCC[C@@H](C)[C@H]1CC[C@H]2[C@@H]3CCC4CCCC[C@]4(C)[C@H]3CC[C@]12C)C(O)(O)O.O.